The fourth-order valence-corrected chi connectivity index (χ4v) is 2.34. The summed E-state index contributed by atoms with van der Waals surface area (Å²) in [5.41, 5.74) is 2.18. The van der Waals surface area contributed by atoms with Crippen molar-refractivity contribution in [1.82, 2.24) is 10.3 Å². The molecule has 0 radical (unpaired) electrons. The zero-order chi connectivity index (χ0) is 14.5. The molecule has 0 aliphatic heterocycles. The van der Waals surface area contributed by atoms with Crippen LogP contribution >= 0.6 is 0 Å². The van der Waals surface area contributed by atoms with Crippen molar-refractivity contribution in [3.8, 4) is 0 Å². The summed E-state index contributed by atoms with van der Waals surface area (Å²) in [4.78, 5) is 6.43. The van der Waals surface area contributed by atoms with Crippen LogP contribution in [0.25, 0.3) is 0 Å². The van der Waals surface area contributed by atoms with Gasteiger partial charge in [-0.3, -0.25) is 0 Å². The Morgan fingerprint density at radius 3 is 2.58 bits per heavy atom. The first-order valence-corrected chi connectivity index (χ1v) is 8.45. The lowest BCUT2D eigenvalue weighted by Gasteiger charge is -2.19. The molecule has 0 aliphatic rings. The number of hydrogen-bond donors (Lipinski definition) is 1. The van der Waals surface area contributed by atoms with Crippen LogP contribution in [-0.4, -0.2) is 46.1 Å². The Labute approximate surface area is 116 Å². The predicted octanol–water partition coefficient (Wildman–Crippen LogP) is 0.844. The first-order chi connectivity index (χ1) is 8.85. The Kier molecular flexibility index (Phi) is 5.75. The molecule has 6 heteroatoms. The maximum atomic E-state index is 11.2. The van der Waals surface area contributed by atoms with E-state index in [0.29, 0.717) is 6.54 Å². The third-order valence-corrected chi connectivity index (χ3v) is 3.78. The van der Waals surface area contributed by atoms with Crippen LogP contribution in [0.5, 0.6) is 0 Å². The van der Waals surface area contributed by atoms with E-state index < -0.39 is 9.84 Å². The molecule has 0 aromatic carbocycles. The van der Waals surface area contributed by atoms with E-state index in [4.69, 9.17) is 0 Å². The molecule has 0 spiro atoms. The summed E-state index contributed by atoms with van der Waals surface area (Å²) in [6.45, 7) is 3.30. The molecular formula is C13H23N3O2S. The number of nitrogens with one attached hydrogen (secondary N) is 1. The molecule has 0 saturated carbocycles. The molecule has 0 fully saturated rings. The topological polar surface area (TPSA) is 62.3 Å². The smallest absolute Gasteiger partial charge is 0.149 e. The van der Waals surface area contributed by atoms with Crippen molar-refractivity contribution < 1.29 is 8.42 Å². The van der Waals surface area contributed by atoms with Gasteiger partial charge in [-0.05, 0) is 31.2 Å². The lowest BCUT2D eigenvalue weighted by molar-refractivity contribution is 0.601. The van der Waals surface area contributed by atoms with Gasteiger partial charge in [-0.1, -0.05) is 6.92 Å². The average molecular weight is 285 g/mol. The SMILES string of the molecule is CCc1cc(CNC)cc(N(C)CCS(C)(=O)=O)n1. The number of rotatable bonds is 7. The summed E-state index contributed by atoms with van der Waals surface area (Å²) in [6.07, 6.45) is 2.12. The second kappa shape index (κ2) is 6.86. The highest BCUT2D eigenvalue weighted by atomic mass is 32.2. The Morgan fingerprint density at radius 1 is 1.37 bits per heavy atom. The minimum atomic E-state index is -2.95. The number of aryl methyl sites for hydroxylation is 1. The van der Waals surface area contributed by atoms with Gasteiger partial charge in [0.15, 0.2) is 0 Å². The van der Waals surface area contributed by atoms with E-state index in [9.17, 15) is 8.42 Å². The minimum absolute atomic E-state index is 0.142. The summed E-state index contributed by atoms with van der Waals surface area (Å²) in [5, 5.41) is 3.12. The number of anilines is 1. The quantitative estimate of drug-likeness (QED) is 0.804. The lowest BCUT2D eigenvalue weighted by atomic mass is 10.2. The summed E-state index contributed by atoms with van der Waals surface area (Å²) >= 11 is 0. The Hall–Kier alpha value is -1.14. The number of hydrogen-bond acceptors (Lipinski definition) is 5. The summed E-state index contributed by atoms with van der Waals surface area (Å²) in [5.74, 6) is 0.969. The zero-order valence-corrected chi connectivity index (χ0v) is 12.9. The van der Waals surface area contributed by atoms with E-state index in [1.54, 1.807) is 0 Å². The van der Waals surface area contributed by atoms with Gasteiger partial charge in [-0.25, -0.2) is 13.4 Å². The molecule has 1 heterocycles. The van der Waals surface area contributed by atoms with Crippen LogP contribution in [0.1, 0.15) is 18.2 Å². The summed E-state index contributed by atoms with van der Waals surface area (Å²) < 4.78 is 22.4. The number of aromatic nitrogens is 1. The van der Waals surface area contributed by atoms with Gasteiger partial charge in [0.1, 0.15) is 15.7 Å². The van der Waals surface area contributed by atoms with E-state index in [-0.39, 0.29) is 5.75 Å². The molecule has 1 aromatic heterocycles. The molecule has 5 nitrogen and oxygen atoms in total. The highest BCUT2D eigenvalue weighted by molar-refractivity contribution is 7.90. The van der Waals surface area contributed by atoms with Crippen LogP contribution in [0.15, 0.2) is 12.1 Å². The van der Waals surface area contributed by atoms with Gasteiger partial charge in [-0.2, -0.15) is 0 Å². The molecule has 108 valence electrons. The van der Waals surface area contributed by atoms with Gasteiger partial charge in [0.2, 0.25) is 0 Å². The Balaban J connectivity index is 2.88. The molecule has 19 heavy (non-hydrogen) atoms. The van der Waals surface area contributed by atoms with Crippen LogP contribution in [0.4, 0.5) is 5.82 Å². The van der Waals surface area contributed by atoms with Gasteiger partial charge in [0, 0.05) is 32.1 Å². The van der Waals surface area contributed by atoms with Crippen molar-refractivity contribution in [2.75, 3.05) is 37.5 Å². The van der Waals surface area contributed by atoms with E-state index in [2.05, 4.69) is 23.3 Å². The van der Waals surface area contributed by atoms with Gasteiger partial charge in [0.25, 0.3) is 0 Å². The standard InChI is InChI=1S/C13H23N3O2S/c1-5-12-8-11(10-14-2)9-13(15-12)16(3)6-7-19(4,17)18/h8-9,14H,5-7,10H2,1-4H3. The van der Waals surface area contributed by atoms with Crippen molar-refractivity contribution in [2.24, 2.45) is 0 Å². The van der Waals surface area contributed by atoms with Crippen LogP contribution < -0.4 is 10.2 Å². The van der Waals surface area contributed by atoms with Crippen LogP contribution in [0.3, 0.4) is 0 Å². The molecule has 0 bridgehead atoms. The number of nitrogens with zero attached hydrogens (tertiary/aromatic N) is 2. The Morgan fingerprint density at radius 2 is 2.05 bits per heavy atom. The molecule has 0 aliphatic carbocycles. The van der Waals surface area contributed by atoms with E-state index >= 15 is 0 Å². The molecule has 1 rings (SSSR count). The average Bonchev–Trinajstić information content (AvgIpc) is 2.35. The zero-order valence-electron chi connectivity index (χ0n) is 12.1. The van der Waals surface area contributed by atoms with Crippen LogP contribution in [-0.2, 0) is 22.8 Å². The van der Waals surface area contributed by atoms with Crippen LogP contribution in [0, 0.1) is 0 Å². The van der Waals surface area contributed by atoms with Crippen molar-refractivity contribution in [3.63, 3.8) is 0 Å². The number of sulfone groups is 1. The molecule has 0 unspecified atom stereocenters. The normalized spacial score (nSPS) is 11.6. The van der Waals surface area contributed by atoms with Crippen molar-refractivity contribution in [2.45, 2.75) is 19.9 Å². The largest absolute Gasteiger partial charge is 0.359 e. The number of pyridine rings is 1. The second-order valence-corrected chi connectivity index (χ2v) is 7.02. The molecule has 1 aromatic rings. The van der Waals surface area contributed by atoms with Gasteiger partial charge in [-0.15, -0.1) is 0 Å². The maximum absolute atomic E-state index is 11.2. The Bertz CT molecular complexity index is 515. The first-order valence-electron chi connectivity index (χ1n) is 6.39. The molecular weight excluding hydrogens is 262 g/mol. The molecule has 0 amide bonds. The fourth-order valence-electron chi connectivity index (χ4n) is 1.73. The second-order valence-electron chi connectivity index (χ2n) is 4.76. The van der Waals surface area contributed by atoms with E-state index in [1.807, 2.05) is 25.1 Å². The first kappa shape index (κ1) is 15.9. The summed E-state index contributed by atoms with van der Waals surface area (Å²) in [6, 6.07) is 4.07. The van der Waals surface area contributed by atoms with Crippen molar-refractivity contribution in [1.29, 1.82) is 0 Å². The molecule has 1 N–H and O–H groups in total. The monoisotopic (exact) mass is 285 g/mol. The van der Waals surface area contributed by atoms with Crippen LogP contribution in [0.2, 0.25) is 0 Å². The van der Waals surface area contributed by atoms with Gasteiger partial charge >= 0.3 is 0 Å². The highest BCUT2D eigenvalue weighted by Crippen LogP contribution is 2.14. The van der Waals surface area contributed by atoms with Gasteiger partial charge in [0.05, 0.1) is 5.75 Å². The van der Waals surface area contributed by atoms with Gasteiger partial charge < -0.3 is 10.2 Å². The third-order valence-electron chi connectivity index (χ3n) is 2.86. The predicted molar refractivity (Wildman–Crippen MR) is 79.4 cm³/mol. The maximum Gasteiger partial charge on any atom is 0.149 e. The summed E-state index contributed by atoms with van der Waals surface area (Å²) in [7, 11) is 0.828. The van der Waals surface area contributed by atoms with Crippen molar-refractivity contribution in [3.05, 3.63) is 23.4 Å². The van der Waals surface area contributed by atoms with Crippen molar-refractivity contribution >= 4 is 15.7 Å². The van der Waals surface area contributed by atoms with E-state index in [1.165, 1.54) is 6.26 Å². The third kappa shape index (κ3) is 5.57. The van der Waals surface area contributed by atoms with E-state index in [0.717, 1.165) is 30.0 Å². The molecule has 0 saturated heterocycles. The fraction of sp³-hybridized carbons (Fsp3) is 0.615. The lowest BCUT2D eigenvalue weighted by Crippen LogP contribution is -2.26. The minimum Gasteiger partial charge on any atom is -0.359 e. The highest BCUT2D eigenvalue weighted by Gasteiger charge is 2.09. The molecule has 0 atom stereocenters.